The van der Waals surface area contributed by atoms with Crippen LogP contribution in [0.25, 0.3) is 11.0 Å². The number of para-hydroxylation sites is 2. The number of aromatic nitrogens is 2. The highest BCUT2D eigenvalue weighted by Gasteiger charge is 2.11. The first kappa shape index (κ1) is 22.3. The molecule has 32 heavy (non-hydrogen) atoms. The second-order valence-electron chi connectivity index (χ2n) is 8.17. The summed E-state index contributed by atoms with van der Waals surface area (Å²) in [6.07, 6.45) is 3.98. The van der Waals surface area contributed by atoms with E-state index < -0.39 is 0 Å². The summed E-state index contributed by atoms with van der Waals surface area (Å²) in [4.78, 5) is 17.2. The summed E-state index contributed by atoms with van der Waals surface area (Å²) >= 11 is 3.41. The molecule has 4 nitrogen and oxygen atoms in total. The molecule has 0 saturated heterocycles. The van der Waals surface area contributed by atoms with Crippen molar-refractivity contribution in [1.29, 1.82) is 0 Å². The second-order valence-corrected chi connectivity index (χ2v) is 9.08. The first-order valence-corrected chi connectivity index (χ1v) is 11.9. The van der Waals surface area contributed by atoms with Gasteiger partial charge in [-0.1, -0.05) is 70.4 Å². The van der Waals surface area contributed by atoms with Crippen molar-refractivity contribution < 1.29 is 4.79 Å². The Hall–Kier alpha value is -2.92. The number of rotatable bonds is 9. The van der Waals surface area contributed by atoms with E-state index in [1.807, 2.05) is 30.3 Å². The number of carbonyl (C=O) groups excluding carboxylic acids is 1. The molecule has 1 aromatic heterocycles. The Kier molecular flexibility index (Phi) is 7.38. The van der Waals surface area contributed by atoms with Crippen LogP contribution in [-0.2, 0) is 13.0 Å². The molecule has 0 saturated carbocycles. The van der Waals surface area contributed by atoms with Gasteiger partial charge in [-0.2, -0.15) is 0 Å². The zero-order chi connectivity index (χ0) is 22.3. The molecule has 0 atom stereocenters. The predicted molar refractivity (Wildman–Crippen MR) is 134 cm³/mol. The molecule has 0 bridgehead atoms. The minimum absolute atomic E-state index is 0.0220. The van der Waals surface area contributed by atoms with Gasteiger partial charge in [0, 0.05) is 29.5 Å². The summed E-state index contributed by atoms with van der Waals surface area (Å²) in [6, 6.07) is 24.5. The average Bonchev–Trinajstić information content (AvgIpc) is 3.13. The second kappa shape index (κ2) is 10.6. The summed E-state index contributed by atoms with van der Waals surface area (Å²) in [5.74, 6) is 1.11. The first-order chi connectivity index (χ1) is 15.6. The number of fused-ring (bicyclic) bond motifs is 1. The highest BCUT2D eigenvalue weighted by Crippen LogP contribution is 2.20. The fraction of sp³-hybridized carbons (Fsp3) is 0.259. The molecule has 0 spiro atoms. The van der Waals surface area contributed by atoms with Crippen LogP contribution in [0.4, 0.5) is 0 Å². The molecule has 4 rings (SSSR count). The van der Waals surface area contributed by atoms with Crippen molar-refractivity contribution in [3.8, 4) is 0 Å². The average molecular weight is 490 g/mol. The predicted octanol–water partition coefficient (Wildman–Crippen LogP) is 6.30. The molecule has 4 aromatic rings. The van der Waals surface area contributed by atoms with Crippen molar-refractivity contribution in [2.45, 2.75) is 39.2 Å². The number of benzene rings is 3. The smallest absolute Gasteiger partial charge is 0.251 e. The van der Waals surface area contributed by atoms with E-state index in [1.165, 1.54) is 16.6 Å². The summed E-state index contributed by atoms with van der Waals surface area (Å²) < 4.78 is 3.26. The van der Waals surface area contributed by atoms with Crippen molar-refractivity contribution in [2.24, 2.45) is 0 Å². The number of carbonyl (C=O) groups is 1. The standard InChI is InChI=1S/C27H28BrN3O/c1-20-9-7-10-21(17-20)19-31-25-14-5-4-13-24(25)30-26(31)15-3-2-6-16-29-27(32)22-11-8-12-23(28)18-22/h4-5,7-14,17-18H,2-3,6,15-16,19H2,1H3,(H,29,32). The molecule has 0 aliphatic carbocycles. The zero-order valence-corrected chi connectivity index (χ0v) is 19.9. The number of halogens is 1. The van der Waals surface area contributed by atoms with Gasteiger partial charge in [0.15, 0.2) is 0 Å². The van der Waals surface area contributed by atoms with Crippen LogP contribution in [0, 0.1) is 6.92 Å². The Morgan fingerprint density at radius 3 is 2.66 bits per heavy atom. The maximum atomic E-state index is 12.2. The highest BCUT2D eigenvalue weighted by atomic mass is 79.9. The quantitative estimate of drug-likeness (QED) is 0.280. The maximum Gasteiger partial charge on any atom is 0.251 e. The summed E-state index contributed by atoms with van der Waals surface area (Å²) in [5, 5.41) is 3.02. The number of imidazole rings is 1. The number of hydrogen-bond acceptors (Lipinski definition) is 2. The first-order valence-electron chi connectivity index (χ1n) is 11.1. The van der Waals surface area contributed by atoms with Crippen molar-refractivity contribution in [3.63, 3.8) is 0 Å². The summed E-state index contributed by atoms with van der Waals surface area (Å²) in [7, 11) is 0. The van der Waals surface area contributed by atoms with Crippen LogP contribution < -0.4 is 5.32 Å². The van der Waals surface area contributed by atoms with Gasteiger partial charge in [0.2, 0.25) is 0 Å². The van der Waals surface area contributed by atoms with E-state index in [0.717, 1.165) is 48.0 Å². The monoisotopic (exact) mass is 489 g/mol. The number of aryl methyl sites for hydroxylation is 2. The van der Waals surface area contributed by atoms with Crippen LogP contribution in [0.1, 0.15) is 46.6 Å². The molecule has 0 fully saturated rings. The van der Waals surface area contributed by atoms with Gasteiger partial charge in [-0.05, 0) is 55.7 Å². The normalized spacial score (nSPS) is 11.1. The molecule has 1 heterocycles. The maximum absolute atomic E-state index is 12.2. The van der Waals surface area contributed by atoms with E-state index in [-0.39, 0.29) is 5.91 Å². The Labute approximate surface area is 197 Å². The number of nitrogens with one attached hydrogen (secondary N) is 1. The third-order valence-corrected chi connectivity index (χ3v) is 6.10. The Morgan fingerprint density at radius 1 is 0.969 bits per heavy atom. The zero-order valence-electron chi connectivity index (χ0n) is 18.4. The highest BCUT2D eigenvalue weighted by molar-refractivity contribution is 9.10. The van der Waals surface area contributed by atoms with Gasteiger partial charge in [-0.15, -0.1) is 0 Å². The van der Waals surface area contributed by atoms with Crippen molar-refractivity contribution in [3.05, 3.63) is 99.8 Å². The van der Waals surface area contributed by atoms with Crippen LogP contribution in [0.5, 0.6) is 0 Å². The van der Waals surface area contributed by atoms with E-state index >= 15 is 0 Å². The number of nitrogens with zero attached hydrogens (tertiary/aromatic N) is 2. The lowest BCUT2D eigenvalue weighted by molar-refractivity contribution is 0.0953. The molecule has 3 aromatic carbocycles. The molecule has 0 radical (unpaired) electrons. The molecule has 0 unspecified atom stereocenters. The molecular formula is C27H28BrN3O. The molecule has 0 aliphatic heterocycles. The molecule has 164 valence electrons. The van der Waals surface area contributed by atoms with E-state index in [9.17, 15) is 4.79 Å². The lowest BCUT2D eigenvalue weighted by Crippen LogP contribution is -2.24. The summed E-state index contributed by atoms with van der Waals surface area (Å²) in [6.45, 7) is 3.65. The van der Waals surface area contributed by atoms with Crippen LogP contribution in [0.15, 0.2) is 77.3 Å². The third kappa shape index (κ3) is 5.65. The van der Waals surface area contributed by atoms with E-state index in [2.05, 4.69) is 75.2 Å². The van der Waals surface area contributed by atoms with Gasteiger partial charge < -0.3 is 9.88 Å². The van der Waals surface area contributed by atoms with Crippen LogP contribution >= 0.6 is 15.9 Å². The minimum Gasteiger partial charge on any atom is -0.352 e. The molecule has 1 amide bonds. The van der Waals surface area contributed by atoms with Crippen LogP contribution in [0.2, 0.25) is 0 Å². The van der Waals surface area contributed by atoms with Gasteiger partial charge in [0.1, 0.15) is 5.82 Å². The van der Waals surface area contributed by atoms with E-state index in [0.29, 0.717) is 12.1 Å². The molecule has 0 aliphatic rings. The Bertz CT molecular complexity index is 1210. The topological polar surface area (TPSA) is 46.9 Å². The molecule has 1 N–H and O–H groups in total. The van der Waals surface area contributed by atoms with Crippen molar-refractivity contribution in [2.75, 3.05) is 6.54 Å². The van der Waals surface area contributed by atoms with Gasteiger partial charge in [0.25, 0.3) is 5.91 Å². The van der Waals surface area contributed by atoms with Gasteiger partial charge >= 0.3 is 0 Å². The van der Waals surface area contributed by atoms with Gasteiger partial charge in [-0.25, -0.2) is 4.98 Å². The Balaban J connectivity index is 1.32. The van der Waals surface area contributed by atoms with E-state index in [1.54, 1.807) is 0 Å². The fourth-order valence-corrected chi connectivity index (χ4v) is 4.40. The van der Waals surface area contributed by atoms with Crippen LogP contribution in [-0.4, -0.2) is 22.0 Å². The van der Waals surface area contributed by atoms with Gasteiger partial charge in [0.05, 0.1) is 11.0 Å². The molecule has 5 heteroatoms. The van der Waals surface area contributed by atoms with E-state index in [4.69, 9.17) is 4.98 Å². The summed E-state index contributed by atoms with van der Waals surface area (Å²) in [5.41, 5.74) is 5.49. The fourth-order valence-electron chi connectivity index (χ4n) is 4.00. The Morgan fingerprint density at radius 2 is 1.81 bits per heavy atom. The number of unbranched alkanes of at least 4 members (excludes halogenated alkanes) is 2. The SMILES string of the molecule is Cc1cccc(Cn2c(CCCCCNC(=O)c3cccc(Br)c3)nc3ccccc32)c1. The van der Waals surface area contributed by atoms with Crippen molar-refractivity contribution >= 4 is 32.9 Å². The number of amides is 1. The molecular weight excluding hydrogens is 462 g/mol. The van der Waals surface area contributed by atoms with Crippen LogP contribution in [0.3, 0.4) is 0 Å². The van der Waals surface area contributed by atoms with Gasteiger partial charge in [-0.3, -0.25) is 4.79 Å². The number of hydrogen-bond donors (Lipinski definition) is 1. The lowest BCUT2D eigenvalue weighted by atomic mass is 10.1. The largest absolute Gasteiger partial charge is 0.352 e. The van der Waals surface area contributed by atoms with Crippen molar-refractivity contribution in [1.82, 2.24) is 14.9 Å². The lowest BCUT2D eigenvalue weighted by Gasteiger charge is -2.10. The third-order valence-electron chi connectivity index (χ3n) is 5.61. The minimum atomic E-state index is -0.0220.